The van der Waals surface area contributed by atoms with Crippen LogP contribution in [0, 0.1) is 0 Å². The number of rotatable bonds is 3. The number of carbonyl (C=O) groups is 1. The molecule has 1 fully saturated rings. The van der Waals surface area contributed by atoms with Crippen molar-refractivity contribution in [3.05, 3.63) is 29.8 Å². The van der Waals surface area contributed by atoms with Gasteiger partial charge in [0.25, 0.3) is 0 Å². The van der Waals surface area contributed by atoms with Crippen LogP contribution >= 0.6 is 0 Å². The highest BCUT2D eigenvalue weighted by Gasteiger charge is 2.39. The Morgan fingerprint density at radius 2 is 2.06 bits per heavy atom. The zero-order valence-electron chi connectivity index (χ0n) is 10.0. The summed E-state index contributed by atoms with van der Waals surface area (Å²) < 4.78 is 5.11. The average Bonchev–Trinajstić information content (AvgIpc) is 2.39. The Balaban J connectivity index is 2.34. The summed E-state index contributed by atoms with van der Waals surface area (Å²) in [5.74, 6) is 0.478. The smallest absolute Gasteiger partial charge is 0.242 e. The fourth-order valence-electron chi connectivity index (χ4n) is 2.38. The quantitative estimate of drug-likeness (QED) is 0.824. The molecule has 1 aromatic carbocycles. The Labute approximate surface area is 101 Å². The molecular formula is C13H18N2O2. The van der Waals surface area contributed by atoms with Crippen molar-refractivity contribution in [2.75, 3.05) is 13.7 Å². The van der Waals surface area contributed by atoms with Crippen LogP contribution in [0.2, 0.25) is 0 Å². The van der Waals surface area contributed by atoms with Crippen molar-refractivity contribution < 1.29 is 9.53 Å². The second-order valence-corrected chi connectivity index (χ2v) is 4.38. The van der Waals surface area contributed by atoms with Gasteiger partial charge >= 0.3 is 0 Å². The molecule has 4 heteroatoms. The van der Waals surface area contributed by atoms with Crippen molar-refractivity contribution in [2.45, 2.75) is 24.8 Å². The molecule has 1 aromatic rings. The van der Waals surface area contributed by atoms with E-state index in [2.05, 4.69) is 5.32 Å². The molecule has 4 nitrogen and oxygen atoms in total. The summed E-state index contributed by atoms with van der Waals surface area (Å²) in [5.41, 5.74) is 5.79. The summed E-state index contributed by atoms with van der Waals surface area (Å²) in [5, 5.41) is 3.27. The third kappa shape index (κ3) is 2.13. The number of amides is 1. The first-order chi connectivity index (χ1) is 8.19. The van der Waals surface area contributed by atoms with E-state index in [0.29, 0.717) is 0 Å². The molecule has 92 valence electrons. The molecule has 3 N–H and O–H groups in total. The van der Waals surface area contributed by atoms with E-state index < -0.39 is 5.54 Å². The molecule has 0 bridgehead atoms. The molecule has 2 rings (SSSR count). The number of ether oxygens (including phenoxy) is 1. The Morgan fingerprint density at radius 1 is 1.35 bits per heavy atom. The Kier molecular flexibility index (Phi) is 3.33. The van der Waals surface area contributed by atoms with Crippen molar-refractivity contribution in [1.82, 2.24) is 5.32 Å². The van der Waals surface area contributed by atoms with Crippen LogP contribution < -0.4 is 15.8 Å². The fraction of sp³-hybridized carbons (Fsp3) is 0.462. The molecule has 1 atom stereocenters. The molecule has 0 spiro atoms. The van der Waals surface area contributed by atoms with Gasteiger partial charge in [-0.25, -0.2) is 0 Å². The molecule has 0 radical (unpaired) electrons. The zero-order valence-corrected chi connectivity index (χ0v) is 10.0. The maximum absolute atomic E-state index is 11.8. The predicted molar refractivity (Wildman–Crippen MR) is 65.7 cm³/mol. The largest absolute Gasteiger partial charge is 0.497 e. The maximum atomic E-state index is 11.8. The molecule has 0 aliphatic carbocycles. The number of nitrogens with two attached hydrogens (primary N) is 1. The lowest BCUT2D eigenvalue weighted by Crippen LogP contribution is -2.54. The standard InChI is InChI=1S/C13H18N2O2/c1-17-11-6-4-10(5-7-11)13(12(14)16)8-2-3-9-15-13/h4-7,15H,2-3,8-9H2,1H3,(H2,14,16). The van der Waals surface area contributed by atoms with E-state index in [-0.39, 0.29) is 5.91 Å². The van der Waals surface area contributed by atoms with Gasteiger partial charge in [-0.15, -0.1) is 0 Å². The first-order valence-electron chi connectivity index (χ1n) is 5.88. The molecule has 0 saturated carbocycles. The maximum Gasteiger partial charge on any atom is 0.242 e. The van der Waals surface area contributed by atoms with Crippen LogP contribution in [-0.2, 0) is 10.3 Å². The summed E-state index contributed by atoms with van der Waals surface area (Å²) in [6.07, 6.45) is 2.86. The summed E-state index contributed by atoms with van der Waals surface area (Å²) in [6, 6.07) is 7.52. The summed E-state index contributed by atoms with van der Waals surface area (Å²) in [7, 11) is 1.62. The Hall–Kier alpha value is -1.55. The number of piperidine rings is 1. The van der Waals surface area contributed by atoms with Gasteiger partial charge in [-0.2, -0.15) is 0 Å². The van der Waals surface area contributed by atoms with E-state index in [0.717, 1.165) is 37.1 Å². The van der Waals surface area contributed by atoms with Crippen molar-refractivity contribution in [3.63, 3.8) is 0 Å². The number of hydrogen-bond acceptors (Lipinski definition) is 3. The number of primary amides is 1. The lowest BCUT2D eigenvalue weighted by atomic mass is 9.81. The average molecular weight is 234 g/mol. The monoisotopic (exact) mass is 234 g/mol. The lowest BCUT2D eigenvalue weighted by Gasteiger charge is -2.36. The van der Waals surface area contributed by atoms with Crippen LogP contribution in [0.15, 0.2) is 24.3 Å². The molecule has 1 saturated heterocycles. The molecule has 0 aromatic heterocycles. The molecule has 1 unspecified atom stereocenters. The molecule has 1 heterocycles. The fourth-order valence-corrected chi connectivity index (χ4v) is 2.38. The highest BCUT2D eigenvalue weighted by molar-refractivity contribution is 5.86. The van der Waals surface area contributed by atoms with E-state index in [9.17, 15) is 4.79 Å². The summed E-state index contributed by atoms with van der Waals surface area (Å²) in [6.45, 7) is 0.828. The van der Waals surface area contributed by atoms with Gasteiger partial charge in [0, 0.05) is 0 Å². The Bertz CT molecular complexity index is 394. The van der Waals surface area contributed by atoms with Gasteiger partial charge in [0.15, 0.2) is 0 Å². The van der Waals surface area contributed by atoms with Crippen LogP contribution in [0.5, 0.6) is 5.75 Å². The van der Waals surface area contributed by atoms with Gasteiger partial charge in [0.05, 0.1) is 7.11 Å². The van der Waals surface area contributed by atoms with E-state index >= 15 is 0 Å². The number of benzene rings is 1. The SMILES string of the molecule is COc1ccc(C2(C(N)=O)CCCCN2)cc1. The van der Waals surface area contributed by atoms with Crippen molar-refractivity contribution in [2.24, 2.45) is 5.73 Å². The topological polar surface area (TPSA) is 64.3 Å². The Morgan fingerprint density at radius 3 is 2.53 bits per heavy atom. The van der Waals surface area contributed by atoms with E-state index in [1.54, 1.807) is 7.11 Å². The van der Waals surface area contributed by atoms with Gasteiger partial charge in [0.2, 0.25) is 5.91 Å². The van der Waals surface area contributed by atoms with Crippen LogP contribution in [0.4, 0.5) is 0 Å². The van der Waals surface area contributed by atoms with Crippen LogP contribution in [-0.4, -0.2) is 19.6 Å². The van der Waals surface area contributed by atoms with Crippen LogP contribution in [0.3, 0.4) is 0 Å². The number of hydrogen-bond donors (Lipinski definition) is 2. The first kappa shape index (κ1) is 11.9. The van der Waals surface area contributed by atoms with Gasteiger partial charge in [0.1, 0.15) is 11.3 Å². The van der Waals surface area contributed by atoms with E-state index in [1.165, 1.54) is 0 Å². The van der Waals surface area contributed by atoms with Gasteiger partial charge in [-0.1, -0.05) is 12.1 Å². The minimum atomic E-state index is -0.704. The minimum absolute atomic E-state index is 0.303. The second kappa shape index (κ2) is 4.75. The number of nitrogens with one attached hydrogen (secondary N) is 1. The number of carbonyl (C=O) groups excluding carboxylic acids is 1. The third-order valence-corrected chi connectivity index (χ3v) is 3.41. The highest BCUT2D eigenvalue weighted by atomic mass is 16.5. The molecule has 1 aliphatic heterocycles. The van der Waals surface area contributed by atoms with Gasteiger partial charge < -0.3 is 10.5 Å². The third-order valence-electron chi connectivity index (χ3n) is 3.41. The van der Waals surface area contributed by atoms with Crippen molar-refractivity contribution >= 4 is 5.91 Å². The van der Waals surface area contributed by atoms with Crippen molar-refractivity contribution in [3.8, 4) is 5.75 Å². The summed E-state index contributed by atoms with van der Waals surface area (Å²) in [4.78, 5) is 11.8. The van der Waals surface area contributed by atoms with Gasteiger partial charge in [-0.05, 0) is 43.5 Å². The van der Waals surface area contributed by atoms with E-state index in [4.69, 9.17) is 10.5 Å². The first-order valence-corrected chi connectivity index (χ1v) is 5.88. The molecule has 1 amide bonds. The summed E-state index contributed by atoms with van der Waals surface area (Å²) >= 11 is 0. The van der Waals surface area contributed by atoms with Crippen LogP contribution in [0.1, 0.15) is 24.8 Å². The molecule has 1 aliphatic rings. The zero-order chi connectivity index (χ0) is 12.3. The lowest BCUT2D eigenvalue weighted by molar-refractivity contribution is -0.125. The number of methoxy groups -OCH3 is 1. The normalized spacial score (nSPS) is 24.3. The highest BCUT2D eigenvalue weighted by Crippen LogP contribution is 2.31. The molecule has 17 heavy (non-hydrogen) atoms. The minimum Gasteiger partial charge on any atom is -0.497 e. The predicted octanol–water partition coefficient (Wildman–Crippen LogP) is 1.15. The van der Waals surface area contributed by atoms with Crippen molar-refractivity contribution in [1.29, 1.82) is 0 Å². The van der Waals surface area contributed by atoms with Gasteiger partial charge in [-0.3, -0.25) is 10.1 Å². The second-order valence-electron chi connectivity index (χ2n) is 4.38. The van der Waals surface area contributed by atoms with Crippen LogP contribution in [0.25, 0.3) is 0 Å². The molecular weight excluding hydrogens is 216 g/mol. The van der Waals surface area contributed by atoms with E-state index in [1.807, 2.05) is 24.3 Å².